The van der Waals surface area contributed by atoms with E-state index in [-0.39, 0.29) is 13.3 Å². The lowest BCUT2D eigenvalue weighted by Crippen LogP contribution is -2.43. The molecule has 0 spiro atoms. The zero-order valence-electron chi connectivity index (χ0n) is 6.10. The van der Waals surface area contributed by atoms with Crippen LogP contribution in [-0.2, 0) is 0 Å². The molecule has 2 nitrogen and oxygen atoms in total. The van der Waals surface area contributed by atoms with Crippen LogP contribution in [0.2, 0.25) is 0 Å². The van der Waals surface area contributed by atoms with Gasteiger partial charge in [0.25, 0.3) is 0 Å². The molecule has 0 rings (SSSR count). The van der Waals surface area contributed by atoms with E-state index >= 15 is 0 Å². The van der Waals surface area contributed by atoms with Gasteiger partial charge in [0.15, 0.2) is 0 Å². The molecule has 0 aromatic heterocycles. The fourth-order valence-electron chi connectivity index (χ4n) is 0.611. The fourth-order valence-corrected chi connectivity index (χ4v) is 0.611. The predicted octanol–water partition coefficient (Wildman–Crippen LogP) is 0.0246. The first-order chi connectivity index (χ1) is 4.12. The zero-order chi connectivity index (χ0) is 7.33. The summed E-state index contributed by atoms with van der Waals surface area (Å²) in [6, 6.07) is 0. The topological polar surface area (TPSA) is 20.2 Å². The van der Waals surface area contributed by atoms with Crippen molar-refractivity contribution in [1.82, 2.24) is 0 Å². The molecule has 0 unspecified atom stereocenters. The van der Waals surface area contributed by atoms with Crippen molar-refractivity contribution in [2.24, 2.45) is 0 Å². The van der Waals surface area contributed by atoms with E-state index in [9.17, 15) is 4.39 Å². The average molecular weight is 135 g/mol. The molecule has 0 bridgehead atoms. The van der Waals surface area contributed by atoms with Crippen LogP contribution in [0.25, 0.3) is 0 Å². The van der Waals surface area contributed by atoms with Crippen molar-refractivity contribution >= 4 is 0 Å². The maximum Gasteiger partial charge on any atom is 0.138 e. The molecule has 9 heavy (non-hydrogen) atoms. The largest absolute Gasteiger partial charge is 0.391 e. The van der Waals surface area contributed by atoms with Gasteiger partial charge in [-0.15, -0.1) is 0 Å². The number of alkyl halides is 1. The van der Waals surface area contributed by atoms with Crippen molar-refractivity contribution in [2.75, 3.05) is 40.5 Å². The Kier molecular flexibility index (Phi) is 3.73. The molecule has 56 valence electrons. The Morgan fingerprint density at radius 1 is 1.33 bits per heavy atom. The Morgan fingerprint density at radius 3 is 2.22 bits per heavy atom. The van der Waals surface area contributed by atoms with Crippen LogP contribution < -0.4 is 0 Å². The van der Waals surface area contributed by atoms with Crippen molar-refractivity contribution in [3.05, 3.63) is 0 Å². The maximum absolute atomic E-state index is 11.7. The number of quaternary nitrogens is 1. The van der Waals surface area contributed by atoms with Gasteiger partial charge in [-0.25, -0.2) is 4.39 Å². The van der Waals surface area contributed by atoms with Crippen LogP contribution in [0.5, 0.6) is 0 Å². The molecule has 0 fully saturated rings. The maximum atomic E-state index is 11.7. The summed E-state index contributed by atoms with van der Waals surface area (Å²) in [6.45, 7) is 0.935. The van der Waals surface area contributed by atoms with E-state index in [1.807, 2.05) is 14.1 Å². The summed E-state index contributed by atoms with van der Waals surface area (Å²) in [5, 5.41) is 8.49. The van der Waals surface area contributed by atoms with Crippen molar-refractivity contribution in [3.8, 4) is 0 Å². The van der Waals surface area contributed by atoms with Gasteiger partial charge in [-0.1, -0.05) is 0 Å². The summed E-state index contributed by atoms with van der Waals surface area (Å²) in [5.74, 6) is 0. The lowest BCUT2D eigenvalue weighted by molar-refractivity contribution is -0.890. The van der Waals surface area contributed by atoms with Gasteiger partial charge in [-0.3, -0.25) is 0 Å². The zero-order valence-corrected chi connectivity index (χ0v) is 6.10. The molecule has 3 heteroatoms. The third-order valence-corrected chi connectivity index (χ3v) is 1.40. The van der Waals surface area contributed by atoms with Crippen LogP contribution >= 0.6 is 0 Å². The van der Waals surface area contributed by atoms with Crippen LogP contribution in [0.4, 0.5) is 4.39 Å². The van der Waals surface area contributed by atoms with Crippen molar-refractivity contribution in [3.63, 3.8) is 0 Å². The minimum Gasteiger partial charge on any atom is -0.391 e. The minimum absolute atomic E-state index is 0.132. The highest BCUT2D eigenvalue weighted by molar-refractivity contribution is 4.30. The first-order valence-corrected chi connectivity index (χ1v) is 3.11. The second-order valence-electron chi connectivity index (χ2n) is 2.80. The molecular weight excluding hydrogens is 120 g/mol. The van der Waals surface area contributed by atoms with Crippen molar-refractivity contribution in [2.45, 2.75) is 0 Å². The number of rotatable bonds is 4. The first-order valence-electron chi connectivity index (χ1n) is 3.11. The normalized spacial score (nSPS) is 12.0. The van der Waals surface area contributed by atoms with E-state index in [1.165, 1.54) is 0 Å². The van der Waals surface area contributed by atoms with Gasteiger partial charge in [-0.05, 0) is 0 Å². The van der Waals surface area contributed by atoms with E-state index in [0.29, 0.717) is 17.6 Å². The van der Waals surface area contributed by atoms with Gasteiger partial charge < -0.3 is 9.59 Å². The Hall–Kier alpha value is -0.150. The van der Waals surface area contributed by atoms with Crippen LogP contribution in [-0.4, -0.2) is 50.1 Å². The number of hydrogen-bond acceptors (Lipinski definition) is 1. The summed E-state index contributed by atoms with van der Waals surface area (Å²) < 4.78 is 12.3. The summed E-state index contributed by atoms with van der Waals surface area (Å²) in [5.41, 5.74) is 0. The average Bonchev–Trinajstić information content (AvgIpc) is 1.64. The molecule has 0 aliphatic heterocycles. The van der Waals surface area contributed by atoms with E-state index in [4.69, 9.17) is 5.11 Å². The second-order valence-corrected chi connectivity index (χ2v) is 2.80. The third kappa shape index (κ3) is 4.36. The SMILES string of the molecule is C[N+](C)(CCO)CC[18F]. The summed E-state index contributed by atoms with van der Waals surface area (Å²) in [6.07, 6.45) is 0. The molecule has 0 atom stereocenters. The Labute approximate surface area is 55.5 Å². The number of halogens is 1. The van der Waals surface area contributed by atoms with Crippen molar-refractivity contribution < 1.29 is 14.0 Å². The molecule has 0 saturated carbocycles. The van der Waals surface area contributed by atoms with E-state index in [1.54, 1.807) is 0 Å². The predicted molar refractivity (Wildman–Crippen MR) is 34.9 cm³/mol. The standard InChI is InChI=1S/C6H15FNO/c1-8(2,4-3-7)5-6-9/h9H,3-6H2,1-2H3/q+1/i7-1. The number of aliphatic hydroxyl groups is 1. The summed E-state index contributed by atoms with van der Waals surface area (Å²) >= 11 is 0. The van der Waals surface area contributed by atoms with E-state index in [2.05, 4.69) is 0 Å². The molecule has 0 amide bonds. The highest BCUT2D eigenvalue weighted by atomic mass is 18.2. The summed E-state index contributed by atoms with van der Waals surface area (Å²) in [4.78, 5) is 0. The Morgan fingerprint density at radius 2 is 1.89 bits per heavy atom. The van der Waals surface area contributed by atoms with Crippen LogP contribution in [0, 0.1) is 0 Å². The van der Waals surface area contributed by atoms with Gasteiger partial charge in [0.05, 0.1) is 20.7 Å². The fraction of sp³-hybridized carbons (Fsp3) is 1.00. The molecule has 0 radical (unpaired) electrons. The van der Waals surface area contributed by atoms with Gasteiger partial charge in [0.1, 0.15) is 19.8 Å². The van der Waals surface area contributed by atoms with Gasteiger partial charge in [-0.2, -0.15) is 0 Å². The Balaban J connectivity index is 3.43. The van der Waals surface area contributed by atoms with Crippen molar-refractivity contribution in [1.29, 1.82) is 0 Å². The molecule has 0 aromatic rings. The van der Waals surface area contributed by atoms with Gasteiger partial charge >= 0.3 is 0 Å². The van der Waals surface area contributed by atoms with Crippen LogP contribution in [0.3, 0.4) is 0 Å². The minimum atomic E-state index is -0.312. The molecular formula is C6H15FNO+. The molecule has 0 aromatic carbocycles. The number of aliphatic hydroxyl groups excluding tert-OH is 1. The number of likely N-dealkylation sites (N-methyl/N-ethyl adjacent to an activating group) is 1. The molecule has 0 aliphatic carbocycles. The van der Waals surface area contributed by atoms with Gasteiger partial charge in [0.2, 0.25) is 0 Å². The molecule has 0 heterocycles. The van der Waals surface area contributed by atoms with Crippen LogP contribution in [0.1, 0.15) is 0 Å². The third-order valence-electron chi connectivity index (χ3n) is 1.40. The van der Waals surface area contributed by atoms with E-state index < -0.39 is 0 Å². The quantitative estimate of drug-likeness (QED) is 0.539. The molecule has 1 N–H and O–H groups in total. The smallest absolute Gasteiger partial charge is 0.138 e. The van der Waals surface area contributed by atoms with Crippen LogP contribution in [0.15, 0.2) is 0 Å². The highest BCUT2D eigenvalue weighted by Crippen LogP contribution is 1.94. The Bertz CT molecular complexity index is 67.5. The lowest BCUT2D eigenvalue weighted by Gasteiger charge is -2.27. The number of nitrogens with zero attached hydrogens (tertiary/aromatic N) is 1. The molecule has 0 saturated heterocycles. The van der Waals surface area contributed by atoms with Gasteiger partial charge in [0, 0.05) is 0 Å². The second kappa shape index (κ2) is 3.80. The lowest BCUT2D eigenvalue weighted by atomic mass is 10.4. The monoisotopic (exact) mass is 135 g/mol. The highest BCUT2D eigenvalue weighted by Gasteiger charge is 2.11. The molecule has 0 aliphatic rings. The number of hydrogen-bond donors (Lipinski definition) is 1. The first kappa shape index (κ1) is 8.85. The summed E-state index contributed by atoms with van der Waals surface area (Å²) in [7, 11) is 3.80. The van der Waals surface area contributed by atoms with E-state index in [0.717, 1.165) is 0 Å².